The molecule has 4 amide bonds. The van der Waals surface area contributed by atoms with Gasteiger partial charge in [0.05, 0.1) is 6.54 Å². The summed E-state index contributed by atoms with van der Waals surface area (Å²) < 4.78 is 0. The lowest BCUT2D eigenvalue weighted by atomic mass is 10.1. The Kier molecular flexibility index (Phi) is 7.32. The van der Waals surface area contributed by atoms with Crippen LogP contribution < -0.4 is 16.8 Å². The summed E-state index contributed by atoms with van der Waals surface area (Å²) in [6.07, 6.45) is 1.77. The highest BCUT2D eigenvalue weighted by Gasteiger charge is 2.40. The van der Waals surface area contributed by atoms with Crippen molar-refractivity contribution in [3.05, 3.63) is 0 Å². The van der Waals surface area contributed by atoms with Crippen LogP contribution in [0.25, 0.3) is 0 Å². The number of carboxylic acid groups (broad SMARTS) is 1. The first-order valence-electron chi connectivity index (χ1n) is 9.37. The van der Waals surface area contributed by atoms with E-state index < -0.39 is 41.8 Å². The second kappa shape index (κ2) is 9.49. The van der Waals surface area contributed by atoms with Crippen molar-refractivity contribution < 1.29 is 29.1 Å². The topological polar surface area (TPSA) is 176 Å². The van der Waals surface area contributed by atoms with Crippen LogP contribution in [0.3, 0.4) is 0 Å². The van der Waals surface area contributed by atoms with Crippen molar-refractivity contribution in [3.8, 4) is 0 Å². The number of nitrogens with two attached hydrogens (primary N) is 2. The Labute approximate surface area is 162 Å². The molecule has 0 spiro atoms. The molecule has 0 aliphatic carbocycles. The maximum atomic E-state index is 12.9. The van der Waals surface area contributed by atoms with E-state index in [1.807, 2.05) is 0 Å². The van der Waals surface area contributed by atoms with Gasteiger partial charge in [0.25, 0.3) is 0 Å². The average molecular weight is 397 g/mol. The van der Waals surface area contributed by atoms with Gasteiger partial charge in [0.1, 0.15) is 18.1 Å². The first-order chi connectivity index (χ1) is 13.3. The minimum atomic E-state index is -1.11. The molecule has 6 N–H and O–H groups in total. The second-order valence-corrected chi connectivity index (χ2v) is 7.04. The van der Waals surface area contributed by atoms with E-state index in [4.69, 9.17) is 11.5 Å². The molecule has 11 heteroatoms. The molecule has 0 aromatic rings. The molecule has 156 valence electrons. The molecular formula is C17H27N5O6. The average Bonchev–Trinajstić information content (AvgIpc) is 3.32. The van der Waals surface area contributed by atoms with Gasteiger partial charge in [-0.25, -0.2) is 4.79 Å². The van der Waals surface area contributed by atoms with E-state index >= 15 is 0 Å². The lowest BCUT2D eigenvalue weighted by Gasteiger charge is -2.29. The predicted molar refractivity (Wildman–Crippen MR) is 96.5 cm³/mol. The first kappa shape index (κ1) is 21.6. The van der Waals surface area contributed by atoms with E-state index in [9.17, 15) is 29.1 Å². The van der Waals surface area contributed by atoms with Gasteiger partial charge in [-0.3, -0.25) is 19.2 Å². The van der Waals surface area contributed by atoms with Gasteiger partial charge < -0.3 is 31.7 Å². The van der Waals surface area contributed by atoms with Crippen LogP contribution in [0.5, 0.6) is 0 Å². The number of carboxylic acids is 1. The molecule has 3 atom stereocenters. The third kappa shape index (κ3) is 4.97. The number of nitrogens with one attached hydrogen (secondary N) is 1. The zero-order valence-electron chi connectivity index (χ0n) is 15.6. The van der Waals surface area contributed by atoms with Crippen molar-refractivity contribution in [2.45, 2.75) is 56.7 Å². The summed E-state index contributed by atoms with van der Waals surface area (Å²) in [4.78, 5) is 62.6. The molecule has 2 rings (SSSR count). The fourth-order valence-electron chi connectivity index (χ4n) is 3.75. The van der Waals surface area contributed by atoms with Crippen LogP contribution in [0.2, 0.25) is 0 Å². The van der Waals surface area contributed by atoms with Gasteiger partial charge in [-0.05, 0) is 32.1 Å². The van der Waals surface area contributed by atoms with Crippen molar-refractivity contribution in [3.63, 3.8) is 0 Å². The molecule has 0 radical (unpaired) electrons. The molecule has 2 heterocycles. The zero-order valence-corrected chi connectivity index (χ0v) is 15.6. The standard InChI is InChI=1S/C17H27N5O6/c18-9-14(24)21-7-1-3-11(21)15(25)20-10(5-6-13(19)23)16(26)22-8-2-4-12(22)17(27)28/h10-12H,1-9,18H2,(H2,19,23)(H,20,25)(H,27,28). The third-order valence-electron chi connectivity index (χ3n) is 5.17. The Morgan fingerprint density at radius 3 is 2.21 bits per heavy atom. The molecule has 2 fully saturated rings. The Balaban J connectivity index is 2.12. The van der Waals surface area contributed by atoms with Crippen molar-refractivity contribution in [1.82, 2.24) is 15.1 Å². The molecule has 2 aliphatic heterocycles. The number of nitrogens with zero attached hydrogens (tertiary/aromatic N) is 2. The SMILES string of the molecule is NCC(=O)N1CCCC1C(=O)NC(CCC(N)=O)C(=O)N1CCCC1C(=O)O. The van der Waals surface area contributed by atoms with E-state index in [2.05, 4.69) is 5.32 Å². The number of hydrogen-bond donors (Lipinski definition) is 4. The minimum Gasteiger partial charge on any atom is -0.480 e. The largest absolute Gasteiger partial charge is 0.480 e. The Morgan fingerprint density at radius 1 is 1.04 bits per heavy atom. The summed E-state index contributed by atoms with van der Waals surface area (Å²) in [7, 11) is 0. The highest BCUT2D eigenvalue weighted by molar-refractivity contribution is 5.94. The van der Waals surface area contributed by atoms with Gasteiger partial charge in [0, 0.05) is 19.5 Å². The van der Waals surface area contributed by atoms with Crippen molar-refractivity contribution >= 4 is 29.6 Å². The van der Waals surface area contributed by atoms with Crippen LogP contribution in [0.4, 0.5) is 0 Å². The number of primary amides is 1. The molecule has 0 bridgehead atoms. The van der Waals surface area contributed by atoms with E-state index in [0.717, 1.165) is 0 Å². The van der Waals surface area contributed by atoms with Gasteiger partial charge in [-0.2, -0.15) is 0 Å². The quantitative estimate of drug-likeness (QED) is 0.358. The Bertz CT molecular complexity index is 654. The van der Waals surface area contributed by atoms with Gasteiger partial charge in [0.15, 0.2) is 0 Å². The number of carbonyl (C=O) groups is 5. The van der Waals surface area contributed by atoms with Crippen molar-refractivity contribution in [2.75, 3.05) is 19.6 Å². The summed E-state index contributed by atoms with van der Waals surface area (Å²) in [6.45, 7) is 0.447. The number of rotatable bonds is 8. The van der Waals surface area contributed by atoms with Gasteiger partial charge in [0.2, 0.25) is 23.6 Å². The van der Waals surface area contributed by atoms with E-state index in [-0.39, 0.29) is 31.8 Å². The lowest BCUT2D eigenvalue weighted by Crippen LogP contribution is -2.55. The predicted octanol–water partition coefficient (Wildman–Crippen LogP) is -2.24. The molecule has 0 aromatic heterocycles. The minimum absolute atomic E-state index is 0.0414. The van der Waals surface area contributed by atoms with Crippen LogP contribution in [-0.4, -0.2) is 82.3 Å². The molecule has 11 nitrogen and oxygen atoms in total. The normalized spacial score (nSPS) is 22.8. The van der Waals surface area contributed by atoms with Crippen LogP contribution in [0, 0.1) is 0 Å². The highest BCUT2D eigenvalue weighted by atomic mass is 16.4. The molecule has 2 aliphatic rings. The summed E-state index contributed by atoms with van der Waals surface area (Å²) >= 11 is 0. The molecule has 2 saturated heterocycles. The van der Waals surface area contributed by atoms with Gasteiger partial charge in [-0.15, -0.1) is 0 Å². The van der Waals surface area contributed by atoms with E-state index in [1.165, 1.54) is 9.80 Å². The van der Waals surface area contributed by atoms with Crippen LogP contribution in [-0.2, 0) is 24.0 Å². The molecular weight excluding hydrogens is 370 g/mol. The van der Waals surface area contributed by atoms with Gasteiger partial charge in [-0.1, -0.05) is 0 Å². The third-order valence-corrected chi connectivity index (χ3v) is 5.17. The summed E-state index contributed by atoms with van der Waals surface area (Å²) in [5.41, 5.74) is 10.5. The molecule has 0 saturated carbocycles. The molecule has 3 unspecified atom stereocenters. The Hall–Kier alpha value is -2.69. The van der Waals surface area contributed by atoms with E-state index in [1.54, 1.807) is 0 Å². The number of amides is 4. The monoisotopic (exact) mass is 397 g/mol. The number of likely N-dealkylation sites (tertiary alicyclic amines) is 2. The number of hydrogen-bond acceptors (Lipinski definition) is 6. The van der Waals surface area contributed by atoms with E-state index in [0.29, 0.717) is 32.2 Å². The summed E-state index contributed by atoms with van der Waals surface area (Å²) in [5, 5.41) is 11.9. The Morgan fingerprint density at radius 2 is 1.64 bits per heavy atom. The van der Waals surface area contributed by atoms with Crippen molar-refractivity contribution in [2.24, 2.45) is 11.5 Å². The lowest BCUT2D eigenvalue weighted by molar-refractivity contribution is -0.150. The van der Waals surface area contributed by atoms with Gasteiger partial charge >= 0.3 is 5.97 Å². The van der Waals surface area contributed by atoms with Crippen LogP contribution in [0.1, 0.15) is 38.5 Å². The summed E-state index contributed by atoms with van der Waals surface area (Å²) in [6, 6.07) is -2.79. The maximum Gasteiger partial charge on any atom is 0.326 e. The molecule has 0 aromatic carbocycles. The molecule has 28 heavy (non-hydrogen) atoms. The summed E-state index contributed by atoms with van der Waals surface area (Å²) in [5.74, 6) is -3.18. The second-order valence-electron chi connectivity index (χ2n) is 7.04. The van der Waals surface area contributed by atoms with Crippen LogP contribution in [0.15, 0.2) is 0 Å². The number of aliphatic carboxylic acids is 1. The fourth-order valence-corrected chi connectivity index (χ4v) is 3.75. The highest BCUT2D eigenvalue weighted by Crippen LogP contribution is 2.21. The van der Waals surface area contributed by atoms with Crippen LogP contribution >= 0.6 is 0 Å². The van der Waals surface area contributed by atoms with Crippen molar-refractivity contribution in [1.29, 1.82) is 0 Å². The zero-order chi connectivity index (χ0) is 20.8. The fraction of sp³-hybridized carbons (Fsp3) is 0.706. The number of carbonyl (C=O) groups excluding carboxylic acids is 4. The first-order valence-corrected chi connectivity index (χ1v) is 9.37. The smallest absolute Gasteiger partial charge is 0.326 e. The maximum absolute atomic E-state index is 12.9.